The second kappa shape index (κ2) is 14.1. The number of allylic oxidation sites excluding steroid dienone is 2. The Labute approximate surface area is 191 Å². The minimum absolute atomic E-state index is 0. The zero-order valence-corrected chi connectivity index (χ0v) is 19.6. The second-order valence-electron chi connectivity index (χ2n) is 7.76. The highest BCUT2D eigenvalue weighted by atomic mass is 16.5. The number of hydrazine groups is 1. The molecule has 182 valence electrons. The molecule has 1 aromatic carbocycles. The van der Waals surface area contributed by atoms with Crippen LogP contribution in [0.3, 0.4) is 0 Å². The summed E-state index contributed by atoms with van der Waals surface area (Å²) in [7, 11) is 3.81. The molecule has 11 N–H and O–H groups in total. The van der Waals surface area contributed by atoms with Crippen LogP contribution in [0.5, 0.6) is 0 Å². The molecule has 0 aromatic heterocycles. The minimum Gasteiger partial charge on any atom is -0.398 e. The fraction of sp³-hybridized carbons (Fsp3) is 0.565. The molecule has 1 unspecified atom stereocenters. The average molecular weight is 440 g/mol. The second-order valence-corrected chi connectivity index (χ2v) is 7.76. The molecule has 1 aliphatic rings. The molecule has 0 saturated carbocycles. The Morgan fingerprint density at radius 3 is 2.39 bits per heavy atom. The van der Waals surface area contributed by atoms with Crippen LogP contribution in [-0.4, -0.2) is 55.3 Å². The van der Waals surface area contributed by atoms with Crippen molar-refractivity contribution in [2.45, 2.75) is 59.8 Å². The largest absolute Gasteiger partial charge is 0.398 e. The van der Waals surface area contributed by atoms with Crippen molar-refractivity contribution in [3.8, 4) is 0 Å². The first-order chi connectivity index (χ1) is 13.2. The van der Waals surface area contributed by atoms with Gasteiger partial charge in [0, 0.05) is 58.2 Å². The highest BCUT2D eigenvalue weighted by Gasteiger charge is 2.25. The van der Waals surface area contributed by atoms with Gasteiger partial charge in [0.25, 0.3) is 0 Å². The lowest BCUT2D eigenvalue weighted by Crippen LogP contribution is -2.49. The van der Waals surface area contributed by atoms with Crippen molar-refractivity contribution in [1.82, 2.24) is 27.5 Å². The highest BCUT2D eigenvalue weighted by Crippen LogP contribution is 2.23. The normalized spacial score (nSPS) is 20.6. The van der Waals surface area contributed by atoms with Gasteiger partial charge in [-0.3, -0.25) is 4.90 Å². The Kier molecular flexibility index (Phi) is 14.1. The van der Waals surface area contributed by atoms with Gasteiger partial charge in [0.05, 0.1) is 12.2 Å². The maximum atomic E-state index is 6.28. The monoisotopic (exact) mass is 439 g/mol. The number of morpholine rings is 1. The van der Waals surface area contributed by atoms with Gasteiger partial charge in [-0.1, -0.05) is 19.6 Å². The molecule has 0 aliphatic carbocycles. The SMILES string of the molecule is C.C/C=C(\NC)c1ccc(N)c(C/C(=C/C(C)N2C[C@@H](C)O[C@@H](C)C2)N(C)N)c1.N.N.[HH]. The zero-order chi connectivity index (χ0) is 20.8. The van der Waals surface area contributed by atoms with E-state index >= 15 is 0 Å². The molecule has 1 fully saturated rings. The Hall–Kier alpha value is -2.10. The number of hydrogen-bond donors (Lipinski definition) is 5. The van der Waals surface area contributed by atoms with Crippen LogP contribution < -0.4 is 29.2 Å². The summed E-state index contributed by atoms with van der Waals surface area (Å²) in [4.78, 5) is 2.45. The molecule has 1 saturated heterocycles. The van der Waals surface area contributed by atoms with Crippen LogP contribution >= 0.6 is 0 Å². The summed E-state index contributed by atoms with van der Waals surface area (Å²) in [6.07, 6.45) is 5.47. The molecule has 1 aromatic rings. The molecular formula is C23H49N7O. The summed E-state index contributed by atoms with van der Waals surface area (Å²) in [6.45, 7) is 10.3. The lowest BCUT2D eigenvalue weighted by atomic mass is 10.0. The molecule has 1 heterocycles. The number of ether oxygens (including phenoxy) is 1. The number of nitrogen functional groups attached to an aromatic ring is 1. The number of likely N-dealkylation sites (N-methyl/N-ethyl adjacent to an activating group) is 1. The quantitative estimate of drug-likeness (QED) is 0.245. The molecule has 8 nitrogen and oxygen atoms in total. The minimum atomic E-state index is 0. The van der Waals surface area contributed by atoms with Gasteiger partial charge in [0.15, 0.2) is 0 Å². The topological polar surface area (TPSA) is 150 Å². The Bertz CT molecular complexity index is 714. The molecule has 1 aliphatic heterocycles. The van der Waals surface area contributed by atoms with E-state index in [-0.39, 0.29) is 39.4 Å². The van der Waals surface area contributed by atoms with Gasteiger partial charge in [0.1, 0.15) is 0 Å². The van der Waals surface area contributed by atoms with E-state index < -0.39 is 0 Å². The van der Waals surface area contributed by atoms with Crippen molar-refractivity contribution in [3.05, 3.63) is 47.2 Å². The van der Waals surface area contributed by atoms with Crippen molar-refractivity contribution in [2.75, 3.05) is 32.9 Å². The van der Waals surface area contributed by atoms with Crippen LogP contribution in [0.15, 0.2) is 36.0 Å². The third-order valence-corrected chi connectivity index (χ3v) is 5.29. The molecular weight excluding hydrogens is 390 g/mol. The molecule has 3 atom stereocenters. The van der Waals surface area contributed by atoms with Crippen LogP contribution in [0.1, 0.15) is 47.7 Å². The van der Waals surface area contributed by atoms with Crippen molar-refractivity contribution < 1.29 is 6.16 Å². The molecule has 0 spiro atoms. The molecule has 8 heteroatoms. The fourth-order valence-electron chi connectivity index (χ4n) is 3.81. The van der Waals surface area contributed by atoms with Gasteiger partial charge in [0.2, 0.25) is 0 Å². The summed E-state index contributed by atoms with van der Waals surface area (Å²) < 4.78 is 5.86. The number of hydrogen-bond acceptors (Lipinski definition) is 8. The number of anilines is 1. The Morgan fingerprint density at radius 2 is 1.90 bits per heavy atom. The van der Waals surface area contributed by atoms with Gasteiger partial charge >= 0.3 is 0 Å². The van der Waals surface area contributed by atoms with Crippen molar-refractivity contribution >= 4 is 11.4 Å². The summed E-state index contributed by atoms with van der Waals surface area (Å²) in [5, 5.41) is 4.93. The van der Waals surface area contributed by atoms with E-state index in [0.29, 0.717) is 6.42 Å². The number of nitrogens with two attached hydrogens (primary N) is 2. The van der Waals surface area contributed by atoms with Crippen LogP contribution in [0.4, 0.5) is 5.69 Å². The summed E-state index contributed by atoms with van der Waals surface area (Å²) in [5.41, 5.74) is 11.4. The number of benzene rings is 1. The van der Waals surface area contributed by atoms with Crippen molar-refractivity contribution in [1.29, 1.82) is 0 Å². The fourth-order valence-corrected chi connectivity index (χ4v) is 3.81. The lowest BCUT2D eigenvalue weighted by Gasteiger charge is -2.38. The predicted molar refractivity (Wildman–Crippen MR) is 137 cm³/mol. The van der Waals surface area contributed by atoms with E-state index in [1.54, 1.807) is 5.01 Å². The van der Waals surface area contributed by atoms with Crippen molar-refractivity contribution in [2.24, 2.45) is 5.84 Å². The third kappa shape index (κ3) is 8.51. The van der Waals surface area contributed by atoms with E-state index in [2.05, 4.69) is 49.2 Å². The van der Waals surface area contributed by atoms with Gasteiger partial charge in [-0.15, -0.1) is 0 Å². The smallest absolute Gasteiger partial charge is 0.0678 e. The van der Waals surface area contributed by atoms with E-state index in [1.807, 2.05) is 33.2 Å². The van der Waals surface area contributed by atoms with E-state index in [1.165, 1.54) is 0 Å². The maximum absolute atomic E-state index is 6.28. The molecule has 0 amide bonds. The predicted octanol–water partition coefficient (Wildman–Crippen LogP) is 3.78. The van der Waals surface area contributed by atoms with Crippen LogP contribution in [0.2, 0.25) is 0 Å². The Morgan fingerprint density at radius 1 is 1.32 bits per heavy atom. The van der Waals surface area contributed by atoms with E-state index in [9.17, 15) is 0 Å². The van der Waals surface area contributed by atoms with Crippen molar-refractivity contribution in [3.63, 3.8) is 0 Å². The summed E-state index contributed by atoms with van der Waals surface area (Å²) in [5.74, 6) is 6.17. The van der Waals surface area contributed by atoms with Gasteiger partial charge in [-0.25, -0.2) is 5.84 Å². The van der Waals surface area contributed by atoms with Gasteiger partial charge in [-0.2, -0.15) is 0 Å². The van der Waals surface area contributed by atoms with E-state index in [4.69, 9.17) is 16.3 Å². The maximum Gasteiger partial charge on any atom is 0.0678 e. The third-order valence-electron chi connectivity index (χ3n) is 5.29. The summed E-state index contributed by atoms with van der Waals surface area (Å²) in [6, 6.07) is 6.41. The van der Waals surface area contributed by atoms with Crippen LogP contribution in [0.25, 0.3) is 5.70 Å². The number of nitrogens with one attached hydrogen (secondary N) is 1. The van der Waals surface area contributed by atoms with Crippen LogP contribution in [-0.2, 0) is 11.2 Å². The molecule has 0 bridgehead atoms. The van der Waals surface area contributed by atoms with Gasteiger partial charge in [-0.05, 0) is 57.0 Å². The van der Waals surface area contributed by atoms with Gasteiger partial charge < -0.3 is 33.1 Å². The zero-order valence-electron chi connectivity index (χ0n) is 19.6. The first kappa shape index (κ1) is 31.1. The number of rotatable bonds is 7. The number of nitrogens with zero attached hydrogens (tertiary/aromatic N) is 2. The molecule has 31 heavy (non-hydrogen) atoms. The average Bonchev–Trinajstić information content (AvgIpc) is 2.63. The first-order valence-corrected chi connectivity index (χ1v) is 10.1. The lowest BCUT2D eigenvalue weighted by molar-refractivity contribution is -0.0737. The highest BCUT2D eigenvalue weighted by molar-refractivity contribution is 5.67. The molecule has 2 rings (SSSR count). The van der Waals surface area contributed by atoms with E-state index in [0.717, 1.165) is 41.3 Å². The summed E-state index contributed by atoms with van der Waals surface area (Å²) >= 11 is 0. The first-order valence-electron chi connectivity index (χ1n) is 10.1. The molecule has 0 radical (unpaired) electrons. The standard InChI is InChI=1S/C22H37N5O.CH4.2H3N.H2/c1-7-22(25-5)18-8-9-21(23)19(11-18)12-20(26(6)24)10-15(2)27-13-16(3)28-17(4)14-27;;;;/h7-11,15-17,25H,12-14,23-24H2,1-6H3;1H4;2*1H3;1H/b20-10-,22-7-;;;;/t15?,16-,17+;;;;. The van der Waals surface area contributed by atoms with Crippen LogP contribution in [0, 0.1) is 0 Å². The Balaban J connectivity index is -0.00000210.